The van der Waals surface area contributed by atoms with Crippen molar-refractivity contribution in [2.45, 2.75) is 39.0 Å². The van der Waals surface area contributed by atoms with Gasteiger partial charge in [0.05, 0.1) is 6.10 Å². The fourth-order valence-electron chi connectivity index (χ4n) is 2.00. The molecule has 1 N–H and O–H groups in total. The molecule has 3 nitrogen and oxygen atoms in total. The van der Waals surface area contributed by atoms with Crippen LogP contribution in [0.3, 0.4) is 0 Å². The summed E-state index contributed by atoms with van der Waals surface area (Å²) in [4.78, 5) is 13.7. The van der Waals surface area contributed by atoms with E-state index in [0.717, 1.165) is 13.1 Å². The van der Waals surface area contributed by atoms with Crippen molar-refractivity contribution in [1.29, 1.82) is 0 Å². The number of hydrogen-bond donors (Lipinski definition) is 1. The van der Waals surface area contributed by atoms with Crippen LogP contribution in [0.25, 0.3) is 0 Å². The average Bonchev–Trinajstić information content (AvgIpc) is 2.69. The monoisotopic (exact) mass is 219 g/mol. The van der Waals surface area contributed by atoms with Gasteiger partial charge in [0.15, 0.2) is 0 Å². The number of fused-ring (bicyclic) bond motifs is 1. The van der Waals surface area contributed by atoms with Crippen LogP contribution in [0, 0.1) is 0 Å². The maximum atomic E-state index is 11.8. The van der Waals surface area contributed by atoms with Gasteiger partial charge in [-0.25, -0.2) is 0 Å². The molecule has 0 radical (unpaired) electrons. The molecular weight excluding hydrogens is 202 g/mol. The first-order chi connectivity index (χ1) is 7.66. The van der Waals surface area contributed by atoms with Gasteiger partial charge in [-0.2, -0.15) is 0 Å². The maximum Gasteiger partial charge on any atom is 0.223 e. The molecule has 1 heterocycles. The second-order valence-electron chi connectivity index (χ2n) is 4.41. The molecule has 2 rings (SSSR count). The lowest BCUT2D eigenvalue weighted by Gasteiger charge is -2.15. The van der Waals surface area contributed by atoms with Crippen molar-refractivity contribution in [3.05, 3.63) is 35.4 Å². The van der Waals surface area contributed by atoms with E-state index in [1.54, 1.807) is 6.92 Å². The third-order valence-electron chi connectivity index (χ3n) is 2.97. The Morgan fingerprint density at radius 3 is 2.44 bits per heavy atom. The fourth-order valence-corrected chi connectivity index (χ4v) is 2.00. The van der Waals surface area contributed by atoms with E-state index < -0.39 is 6.10 Å². The fraction of sp³-hybridized carbons (Fsp3) is 0.462. The molecule has 1 aromatic rings. The number of rotatable bonds is 3. The minimum atomic E-state index is -0.395. The van der Waals surface area contributed by atoms with Crippen LogP contribution in [0.5, 0.6) is 0 Å². The second-order valence-corrected chi connectivity index (χ2v) is 4.41. The van der Waals surface area contributed by atoms with E-state index in [1.807, 2.05) is 17.0 Å². The van der Waals surface area contributed by atoms with E-state index in [0.29, 0.717) is 12.8 Å². The van der Waals surface area contributed by atoms with Gasteiger partial charge in [0.2, 0.25) is 5.91 Å². The Balaban J connectivity index is 1.93. The second kappa shape index (κ2) is 4.66. The lowest BCUT2D eigenvalue weighted by atomic mass is 10.1. The van der Waals surface area contributed by atoms with Crippen molar-refractivity contribution < 1.29 is 9.90 Å². The Bertz CT molecular complexity index is 362. The zero-order valence-electron chi connectivity index (χ0n) is 9.52. The minimum Gasteiger partial charge on any atom is -0.393 e. The van der Waals surface area contributed by atoms with Crippen LogP contribution in [-0.4, -0.2) is 22.0 Å². The van der Waals surface area contributed by atoms with Crippen LogP contribution in [0.4, 0.5) is 0 Å². The molecule has 1 amide bonds. The standard InChI is InChI=1S/C13H17NO2/c1-10(15)6-7-13(16)14-8-11-4-2-3-5-12(11)9-14/h2-5,10,15H,6-9H2,1H3. The minimum absolute atomic E-state index is 0.136. The SMILES string of the molecule is CC(O)CCC(=O)N1Cc2ccccc2C1. The highest BCUT2D eigenvalue weighted by atomic mass is 16.3. The van der Waals surface area contributed by atoms with E-state index in [2.05, 4.69) is 12.1 Å². The summed E-state index contributed by atoms with van der Waals surface area (Å²) in [5, 5.41) is 9.15. The predicted molar refractivity (Wildman–Crippen MR) is 61.6 cm³/mol. The molecule has 1 aliphatic heterocycles. The normalized spacial score (nSPS) is 16.0. The molecule has 0 saturated carbocycles. The third kappa shape index (κ3) is 2.42. The van der Waals surface area contributed by atoms with Gasteiger partial charge >= 0.3 is 0 Å². The van der Waals surface area contributed by atoms with Gasteiger partial charge in [0.25, 0.3) is 0 Å². The van der Waals surface area contributed by atoms with Crippen LogP contribution in [-0.2, 0) is 17.9 Å². The van der Waals surface area contributed by atoms with Crippen molar-refractivity contribution in [1.82, 2.24) is 4.90 Å². The first kappa shape index (κ1) is 11.1. The number of amides is 1. The summed E-state index contributed by atoms with van der Waals surface area (Å²) >= 11 is 0. The summed E-state index contributed by atoms with van der Waals surface area (Å²) in [5.74, 6) is 0.136. The van der Waals surface area contributed by atoms with E-state index in [4.69, 9.17) is 5.11 Å². The number of carbonyl (C=O) groups is 1. The van der Waals surface area contributed by atoms with Crippen LogP contribution in [0.15, 0.2) is 24.3 Å². The highest BCUT2D eigenvalue weighted by molar-refractivity contribution is 5.77. The molecule has 1 aromatic carbocycles. The van der Waals surface area contributed by atoms with Crippen molar-refractivity contribution in [3.8, 4) is 0 Å². The Labute approximate surface area is 95.7 Å². The number of nitrogens with zero attached hydrogens (tertiary/aromatic N) is 1. The molecule has 0 spiro atoms. The highest BCUT2D eigenvalue weighted by Gasteiger charge is 2.22. The largest absolute Gasteiger partial charge is 0.393 e. The summed E-state index contributed by atoms with van der Waals surface area (Å²) < 4.78 is 0. The number of aliphatic hydroxyl groups is 1. The van der Waals surface area contributed by atoms with Crippen LogP contribution in [0.2, 0.25) is 0 Å². The number of aliphatic hydroxyl groups excluding tert-OH is 1. The van der Waals surface area contributed by atoms with E-state index >= 15 is 0 Å². The predicted octanol–water partition coefficient (Wildman–Crippen LogP) is 1.69. The summed E-state index contributed by atoms with van der Waals surface area (Å²) in [7, 11) is 0. The van der Waals surface area contributed by atoms with Gasteiger partial charge in [-0.15, -0.1) is 0 Å². The molecule has 0 saturated heterocycles. The Kier molecular flexibility index (Phi) is 3.25. The molecule has 0 fully saturated rings. The van der Waals surface area contributed by atoms with E-state index in [9.17, 15) is 4.79 Å². The molecule has 86 valence electrons. The molecule has 0 aliphatic carbocycles. The Morgan fingerprint density at radius 2 is 1.94 bits per heavy atom. The van der Waals surface area contributed by atoms with Crippen LogP contribution >= 0.6 is 0 Å². The van der Waals surface area contributed by atoms with Crippen LogP contribution < -0.4 is 0 Å². The first-order valence-corrected chi connectivity index (χ1v) is 5.69. The van der Waals surface area contributed by atoms with Gasteiger partial charge in [-0.1, -0.05) is 24.3 Å². The van der Waals surface area contributed by atoms with Crippen LogP contribution in [0.1, 0.15) is 30.9 Å². The van der Waals surface area contributed by atoms with E-state index in [-0.39, 0.29) is 5.91 Å². The molecule has 1 atom stereocenters. The van der Waals surface area contributed by atoms with Gasteiger partial charge in [-0.05, 0) is 24.5 Å². The molecule has 3 heteroatoms. The zero-order chi connectivity index (χ0) is 11.5. The topological polar surface area (TPSA) is 40.5 Å². The lowest BCUT2D eigenvalue weighted by Crippen LogP contribution is -2.25. The van der Waals surface area contributed by atoms with Gasteiger partial charge in [-0.3, -0.25) is 4.79 Å². The lowest BCUT2D eigenvalue weighted by molar-refractivity contribution is -0.132. The Hall–Kier alpha value is -1.35. The quantitative estimate of drug-likeness (QED) is 0.840. The van der Waals surface area contributed by atoms with Crippen molar-refractivity contribution in [2.24, 2.45) is 0 Å². The first-order valence-electron chi connectivity index (χ1n) is 5.69. The maximum absolute atomic E-state index is 11.8. The molecule has 0 aromatic heterocycles. The molecular formula is C13H17NO2. The highest BCUT2D eigenvalue weighted by Crippen LogP contribution is 2.22. The van der Waals surface area contributed by atoms with E-state index in [1.165, 1.54) is 11.1 Å². The number of benzene rings is 1. The van der Waals surface area contributed by atoms with Crippen molar-refractivity contribution in [3.63, 3.8) is 0 Å². The smallest absolute Gasteiger partial charge is 0.223 e. The van der Waals surface area contributed by atoms with Gasteiger partial charge in [0, 0.05) is 19.5 Å². The third-order valence-corrected chi connectivity index (χ3v) is 2.97. The van der Waals surface area contributed by atoms with Crippen molar-refractivity contribution in [2.75, 3.05) is 0 Å². The molecule has 1 unspecified atom stereocenters. The zero-order valence-corrected chi connectivity index (χ0v) is 9.52. The molecule has 16 heavy (non-hydrogen) atoms. The number of carbonyl (C=O) groups excluding carboxylic acids is 1. The summed E-state index contributed by atoms with van der Waals surface area (Å²) in [6, 6.07) is 8.14. The summed E-state index contributed by atoms with van der Waals surface area (Å²) in [6.45, 7) is 3.15. The molecule has 0 bridgehead atoms. The van der Waals surface area contributed by atoms with Crippen molar-refractivity contribution >= 4 is 5.91 Å². The average molecular weight is 219 g/mol. The molecule has 1 aliphatic rings. The number of hydrogen-bond acceptors (Lipinski definition) is 2. The summed E-state index contributed by atoms with van der Waals surface area (Å²) in [5.41, 5.74) is 2.49. The Morgan fingerprint density at radius 1 is 1.38 bits per heavy atom. The summed E-state index contributed by atoms with van der Waals surface area (Å²) in [6.07, 6.45) is 0.589. The van der Waals surface area contributed by atoms with Gasteiger partial charge < -0.3 is 10.0 Å². The van der Waals surface area contributed by atoms with Gasteiger partial charge in [0.1, 0.15) is 0 Å².